The highest BCUT2D eigenvalue weighted by Gasteiger charge is 2.31. The van der Waals surface area contributed by atoms with Crippen molar-refractivity contribution in [2.24, 2.45) is 0 Å². The molecule has 8 nitrogen and oxygen atoms in total. The van der Waals surface area contributed by atoms with Gasteiger partial charge in [0, 0.05) is 25.6 Å². The third kappa shape index (κ3) is 8.32. The molecule has 0 aromatic carbocycles. The van der Waals surface area contributed by atoms with Gasteiger partial charge in [0.05, 0.1) is 18.8 Å². The molecule has 0 aromatic rings. The smallest absolute Gasteiger partial charge is 0.314 e. The number of piperidine rings is 1. The minimum absolute atomic E-state index is 0.0157. The summed E-state index contributed by atoms with van der Waals surface area (Å²) in [7, 11) is 0. The van der Waals surface area contributed by atoms with Gasteiger partial charge in [0.15, 0.2) is 0 Å². The van der Waals surface area contributed by atoms with Crippen LogP contribution in [0.5, 0.6) is 0 Å². The van der Waals surface area contributed by atoms with E-state index in [4.69, 9.17) is 4.74 Å². The van der Waals surface area contributed by atoms with Gasteiger partial charge in [0.2, 0.25) is 5.91 Å². The molecule has 0 spiro atoms. The van der Waals surface area contributed by atoms with Crippen LogP contribution in [0.1, 0.15) is 58.8 Å². The van der Waals surface area contributed by atoms with E-state index in [1.807, 2.05) is 13.8 Å². The zero-order valence-corrected chi connectivity index (χ0v) is 17.4. The molecule has 2 aliphatic heterocycles. The predicted octanol–water partition coefficient (Wildman–Crippen LogP) is 0.985. The molecule has 28 heavy (non-hydrogen) atoms. The van der Waals surface area contributed by atoms with Crippen LogP contribution in [0.4, 0.5) is 4.79 Å². The summed E-state index contributed by atoms with van der Waals surface area (Å²) in [5, 5.41) is 18.3. The minimum Gasteiger partial charge on any atom is -0.394 e. The van der Waals surface area contributed by atoms with Crippen LogP contribution in [0.2, 0.25) is 0 Å². The SMILES string of the molecule is CC(C)NC(=O)NCC[C@H]1CC[C@@H](NC(=O)CCN2CCCCC2)[C@@H](CO)O1. The fourth-order valence-corrected chi connectivity index (χ4v) is 3.89. The standard InChI is InChI=1S/C20H38N4O4/c1-15(2)22-20(27)21-10-8-16-6-7-17(18(14-25)28-16)23-19(26)9-13-24-11-4-3-5-12-24/h15-18,25H,3-14H2,1-2H3,(H,23,26)(H2,21,22,27)/t16-,17-,18-/m1/s1. The second-order valence-electron chi connectivity index (χ2n) is 8.23. The monoisotopic (exact) mass is 398 g/mol. The van der Waals surface area contributed by atoms with E-state index in [0.29, 0.717) is 19.4 Å². The van der Waals surface area contributed by atoms with Crippen molar-refractivity contribution < 1.29 is 19.4 Å². The largest absolute Gasteiger partial charge is 0.394 e. The highest BCUT2D eigenvalue weighted by atomic mass is 16.5. The number of urea groups is 1. The molecule has 3 atom stereocenters. The Bertz CT molecular complexity index is 483. The van der Waals surface area contributed by atoms with Crippen LogP contribution >= 0.6 is 0 Å². The Kier molecular flexibility index (Phi) is 10.0. The molecule has 2 aliphatic rings. The number of amides is 3. The summed E-state index contributed by atoms with van der Waals surface area (Å²) in [6, 6.07) is -0.223. The molecule has 2 rings (SSSR count). The second-order valence-corrected chi connectivity index (χ2v) is 8.23. The van der Waals surface area contributed by atoms with Crippen molar-refractivity contribution in [3.8, 4) is 0 Å². The molecule has 2 heterocycles. The first kappa shape index (κ1) is 22.9. The number of carbonyl (C=O) groups excluding carboxylic acids is 2. The normalized spacial score (nSPS) is 26.1. The van der Waals surface area contributed by atoms with Crippen LogP contribution in [-0.2, 0) is 9.53 Å². The number of nitrogens with zero attached hydrogens (tertiary/aromatic N) is 1. The van der Waals surface area contributed by atoms with Crippen LogP contribution < -0.4 is 16.0 Å². The first-order valence-electron chi connectivity index (χ1n) is 10.8. The Morgan fingerprint density at radius 1 is 1.18 bits per heavy atom. The van der Waals surface area contributed by atoms with Gasteiger partial charge in [-0.05, 0) is 59.0 Å². The molecular formula is C20H38N4O4. The number of hydrogen-bond acceptors (Lipinski definition) is 5. The molecule has 0 aromatic heterocycles. The van der Waals surface area contributed by atoms with Gasteiger partial charge in [-0.3, -0.25) is 4.79 Å². The van der Waals surface area contributed by atoms with E-state index in [2.05, 4.69) is 20.9 Å². The van der Waals surface area contributed by atoms with E-state index in [-0.39, 0.29) is 42.8 Å². The van der Waals surface area contributed by atoms with Gasteiger partial charge in [0.25, 0.3) is 0 Å². The predicted molar refractivity (Wildman–Crippen MR) is 108 cm³/mol. The summed E-state index contributed by atoms with van der Waals surface area (Å²) in [5.41, 5.74) is 0. The first-order valence-corrected chi connectivity index (χ1v) is 10.8. The third-order valence-electron chi connectivity index (χ3n) is 5.42. The summed E-state index contributed by atoms with van der Waals surface area (Å²) in [6.07, 6.45) is 6.11. The number of hydrogen-bond donors (Lipinski definition) is 4. The highest BCUT2D eigenvalue weighted by Crippen LogP contribution is 2.22. The van der Waals surface area contributed by atoms with E-state index in [1.165, 1.54) is 19.3 Å². The Morgan fingerprint density at radius 2 is 1.93 bits per heavy atom. The lowest BCUT2D eigenvalue weighted by molar-refractivity contribution is -0.128. The fraction of sp³-hybridized carbons (Fsp3) is 0.900. The van der Waals surface area contributed by atoms with E-state index >= 15 is 0 Å². The molecule has 0 unspecified atom stereocenters. The Hall–Kier alpha value is -1.38. The topological polar surface area (TPSA) is 103 Å². The average Bonchev–Trinajstić information content (AvgIpc) is 2.67. The third-order valence-corrected chi connectivity index (χ3v) is 5.42. The molecule has 4 N–H and O–H groups in total. The van der Waals surface area contributed by atoms with Gasteiger partial charge in [-0.25, -0.2) is 4.79 Å². The fourth-order valence-electron chi connectivity index (χ4n) is 3.89. The van der Waals surface area contributed by atoms with Crippen LogP contribution in [-0.4, -0.2) is 79.0 Å². The number of rotatable bonds is 9. The number of ether oxygens (including phenoxy) is 1. The molecule has 162 valence electrons. The van der Waals surface area contributed by atoms with Gasteiger partial charge < -0.3 is 30.7 Å². The maximum absolute atomic E-state index is 12.3. The molecule has 2 saturated heterocycles. The van der Waals surface area contributed by atoms with Crippen molar-refractivity contribution in [2.45, 2.75) is 83.1 Å². The maximum Gasteiger partial charge on any atom is 0.314 e. The Labute approximate surface area is 168 Å². The molecule has 8 heteroatoms. The Balaban J connectivity index is 1.65. The molecular weight excluding hydrogens is 360 g/mol. The van der Waals surface area contributed by atoms with Gasteiger partial charge in [-0.1, -0.05) is 6.42 Å². The zero-order valence-electron chi connectivity index (χ0n) is 17.4. The molecule has 0 bridgehead atoms. The minimum atomic E-state index is -0.387. The van der Waals surface area contributed by atoms with E-state index in [9.17, 15) is 14.7 Å². The summed E-state index contributed by atoms with van der Waals surface area (Å²) in [4.78, 5) is 26.3. The van der Waals surface area contributed by atoms with Gasteiger partial charge in [0.1, 0.15) is 6.10 Å². The van der Waals surface area contributed by atoms with Crippen molar-refractivity contribution in [1.29, 1.82) is 0 Å². The Morgan fingerprint density at radius 3 is 2.61 bits per heavy atom. The summed E-state index contributed by atoms with van der Waals surface area (Å²) in [6.45, 7) is 7.21. The lowest BCUT2D eigenvalue weighted by Gasteiger charge is -2.36. The molecule has 2 fully saturated rings. The molecule has 0 saturated carbocycles. The van der Waals surface area contributed by atoms with Gasteiger partial charge >= 0.3 is 6.03 Å². The highest BCUT2D eigenvalue weighted by molar-refractivity contribution is 5.76. The van der Waals surface area contributed by atoms with E-state index in [1.54, 1.807) is 0 Å². The maximum atomic E-state index is 12.3. The number of aliphatic hydroxyl groups is 1. The van der Waals surface area contributed by atoms with E-state index in [0.717, 1.165) is 32.5 Å². The van der Waals surface area contributed by atoms with Crippen LogP contribution in [0, 0.1) is 0 Å². The van der Waals surface area contributed by atoms with Crippen molar-refractivity contribution in [3.05, 3.63) is 0 Å². The lowest BCUT2D eigenvalue weighted by Crippen LogP contribution is -2.51. The zero-order chi connectivity index (χ0) is 20.4. The van der Waals surface area contributed by atoms with Crippen molar-refractivity contribution in [1.82, 2.24) is 20.9 Å². The van der Waals surface area contributed by atoms with Gasteiger partial charge in [-0.2, -0.15) is 0 Å². The average molecular weight is 399 g/mol. The molecule has 0 aliphatic carbocycles. The van der Waals surface area contributed by atoms with Crippen LogP contribution in [0.25, 0.3) is 0 Å². The molecule has 0 radical (unpaired) electrons. The number of aliphatic hydroxyl groups excluding tert-OH is 1. The van der Waals surface area contributed by atoms with Crippen molar-refractivity contribution >= 4 is 11.9 Å². The summed E-state index contributed by atoms with van der Waals surface area (Å²) >= 11 is 0. The second kappa shape index (κ2) is 12.2. The summed E-state index contributed by atoms with van der Waals surface area (Å²) in [5.74, 6) is 0.0306. The first-order chi connectivity index (χ1) is 13.5. The molecule has 3 amide bonds. The van der Waals surface area contributed by atoms with Crippen molar-refractivity contribution in [2.75, 3.05) is 32.8 Å². The quantitative estimate of drug-likeness (QED) is 0.464. The van der Waals surface area contributed by atoms with Crippen LogP contribution in [0.15, 0.2) is 0 Å². The van der Waals surface area contributed by atoms with Crippen LogP contribution in [0.3, 0.4) is 0 Å². The number of nitrogens with one attached hydrogen (secondary N) is 3. The van der Waals surface area contributed by atoms with Crippen molar-refractivity contribution in [3.63, 3.8) is 0 Å². The lowest BCUT2D eigenvalue weighted by atomic mass is 9.97. The van der Waals surface area contributed by atoms with E-state index < -0.39 is 0 Å². The summed E-state index contributed by atoms with van der Waals surface area (Å²) < 4.78 is 5.96. The van der Waals surface area contributed by atoms with Gasteiger partial charge in [-0.15, -0.1) is 0 Å². The number of likely N-dealkylation sites (tertiary alicyclic amines) is 1. The number of carbonyl (C=O) groups is 2.